The van der Waals surface area contributed by atoms with Gasteiger partial charge in [0.25, 0.3) is 0 Å². The predicted molar refractivity (Wildman–Crippen MR) is 76.7 cm³/mol. The van der Waals surface area contributed by atoms with E-state index in [4.69, 9.17) is 5.73 Å². The van der Waals surface area contributed by atoms with E-state index in [0.717, 1.165) is 18.4 Å². The van der Waals surface area contributed by atoms with Crippen LogP contribution >= 0.6 is 0 Å². The predicted octanol–water partition coefficient (Wildman–Crippen LogP) is 3.07. The number of hydrogen-bond donors (Lipinski definition) is 2. The molecule has 3 N–H and O–H groups in total. The minimum absolute atomic E-state index is 0.562. The molecule has 0 saturated heterocycles. The summed E-state index contributed by atoms with van der Waals surface area (Å²) in [5, 5.41) is 10.8. The van der Waals surface area contributed by atoms with Crippen LogP contribution in [0.2, 0.25) is 0 Å². The van der Waals surface area contributed by atoms with Crippen molar-refractivity contribution in [1.82, 2.24) is 4.98 Å². The van der Waals surface area contributed by atoms with Gasteiger partial charge in [0.2, 0.25) is 0 Å². The minimum Gasteiger partial charge on any atom is -0.390 e. The lowest BCUT2D eigenvalue weighted by atomic mass is 9.66. The van der Waals surface area contributed by atoms with Crippen molar-refractivity contribution < 1.29 is 5.11 Å². The van der Waals surface area contributed by atoms with E-state index < -0.39 is 5.60 Å². The fraction of sp³-hybridized carbons (Fsp3) is 0.688. The van der Waals surface area contributed by atoms with Gasteiger partial charge in [-0.3, -0.25) is 0 Å². The Kier molecular flexibility index (Phi) is 3.25. The van der Waals surface area contributed by atoms with Gasteiger partial charge in [-0.25, -0.2) is 4.98 Å². The first-order valence-electron chi connectivity index (χ1n) is 7.53. The van der Waals surface area contributed by atoms with E-state index in [1.54, 1.807) is 6.20 Å². The molecule has 104 valence electrons. The Bertz CT molecular complexity index is 442. The summed E-state index contributed by atoms with van der Waals surface area (Å²) in [6.45, 7) is 0. The monoisotopic (exact) mass is 260 g/mol. The Morgan fingerprint density at radius 3 is 2.42 bits per heavy atom. The van der Waals surface area contributed by atoms with Crippen molar-refractivity contribution in [3.63, 3.8) is 0 Å². The highest BCUT2D eigenvalue weighted by molar-refractivity contribution is 5.39. The minimum atomic E-state index is -0.564. The van der Waals surface area contributed by atoms with Crippen LogP contribution in [0, 0.1) is 5.41 Å². The lowest BCUT2D eigenvalue weighted by Crippen LogP contribution is -2.40. The molecular weight excluding hydrogens is 236 g/mol. The summed E-state index contributed by atoms with van der Waals surface area (Å²) in [6, 6.07) is 3.89. The Labute approximate surface area is 115 Å². The standard InChI is InChI=1S/C16H24N2O/c17-14-13(4-3-11-18-14)12-16(19)9-7-15(8-10-16)5-1-2-6-15/h3-4,11,19H,1-2,5-10,12H2,(H2,17,18). The summed E-state index contributed by atoms with van der Waals surface area (Å²) in [5.41, 5.74) is 6.88. The molecule has 2 saturated carbocycles. The first-order valence-corrected chi connectivity index (χ1v) is 7.53. The first kappa shape index (κ1) is 12.9. The number of aromatic nitrogens is 1. The largest absolute Gasteiger partial charge is 0.390 e. The van der Waals surface area contributed by atoms with Crippen molar-refractivity contribution in [2.45, 2.75) is 63.4 Å². The second kappa shape index (κ2) is 4.78. The number of anilines is 1. The summed E-state index contributed by atoms with van der Waals surface area (Å²) < 4.78 is 0. The molecule has 1 spiro atoms. The van der Waals surface area contributed by atoms with Gasteiger partial charge in [-0.2, -0.15) is 0 Å². The van der Waals surface area contributed by atoms with Gasteiger partial charge in [-0.15, -0.1) is 0 Å². The molecule has 3 nitrogen and oxygen atoms in total. The van der Waals surface area contributed by atoms with Crippen LogP contribution in [0.25, 0.3) is 0 Å². The number of aliphatic hydroxyl groups is 1. The normalized spacial score (nSPS) is 24.7. The summed E-state index contributed by atoms with van der Waals surface area (Å²) in [5.74, 6) is 0.567. The van der Waals surface area contributed by atoms with Crippen LogP contribution in [0.1, 0.15) is 56.9 Å². The van der Waals surface area contributed by atoms with Crippen molar-refractivity contribution in [3.05, 3.63) is 23.9 Å². The van der Waals surface area contributed by atoms with Crippen LogP contribution in [0.3, 0.4) is 0 Å². The van der Waals surface area contributed by atoms with E-state index in [2.05, 4.69) is 4.98 Å². The highest BCUT2D eigenvalue weighted by atomic mass is 16.3. The number of nitrogen functional groups attached to an aromatic ring is 1. The molecule has 1 aromatic heterocycles. The Morgan fingerprint density at radius 1 is 1.11 bits per heavy atom. The van der Waals surface area contributed by atoms with Gasteiger partial charge >= 0.3 is 0 Å². The summed E-state index contributed by atoms with van der Waals surface area (Å²) in [7, 11) is 0. The number of hydrogen-bond acceptors (Lipinski definition) is 3. The molecule has 0 aliphatic heterocycles. The van der Waals surface area contributed by atoms with Gasteiger partial charge < -0.3 is 10.8 Å². The van der Waals surface area contributed by atoms with Crippen molar-refractivity contribution in [2.24, 2.45) is 5.41 Å². The van der Waals surface area contributed by atoms with E-state index in [0.29, 0.717) is 17.7 Å². The van der Waals surface area contributed by atoms with Gasteiger partial charge in [0.15, 0.2) is 0 Å². The SMILES string of the molecule is Nc1ncccc1CC1(O)CCC2(CCCC2)CC1. The molecular formula is C16H24N2O. The molecule has 0 bridgehead atoms. The fourth-order valence-corrected chi connectivity index (χ4v) is 4.00. The molecule has 1 aromatic rings. The summed E-state index contributed by atoms with van der Waals surface area (Å²) in [4.78, 5) is 4.11. The Morgan fingerprint density at radius 2 is 1.79 bits per heavy atom. The third-order valence-corrected chi connectivity index (χ3v) is 5.35. The molecule has 1 heterocycles. The molecule has 2 aliphatic rings. The Hall–Kier alpha value is -1.09. The lowest BCUT2D eigenvalue weighted by molar-refractivity contribution is -0.0321. The maximum Gasteiger partial charge on any atom is 0.126 e. The second-order valence-electron chi connectivity index (χ2n) is 6.66. The quantitative estimate of drug-likeness (QED) is 0.859. The Balaban J connectivity index is 1.67. The van der Waals surface area contributed by atoms with Crippen molar-refractivity contribution in [2.75, 3.05) is 5.73 Å². The molecule has 3 heteroatoms. The number of rotatable bonds is 2. The second-order valence-corrected chi connectivity index (χ2v) is 6.66. The van der Waals surface area contributed by atoms with E-state index in [-0.39, 0.29) is 0 Å². The van der Waals surface area contributed by atoms with E-state index in [1.165, 1.54) is 38.5 Å². The smallest absolute Gasteiger partial charge is 0.126 e. The highest BCUT2D eigenvalue weighted by Crippen LogP contribution is 2.51. The number of pyridine rings is 1. The van der Waals surface area contributed by atoms with E-state index in [1.807, 2.05) is 12.1 Å². The summed E-state index contributed by atoms with van der Waals surface area (Å²) in [6.07, 6.45) is 12.1. The third-order valence-electron chi connectivity index (χ3n) is 5.35. The lowest BCUT2D eigenvalue weighted by Gasteiger charge is -2.42. The van der Waals surface area contributed by atoms with Gasteiger partial charge in [-0.05, 0) is 55.6 Å². The zero-order chi connectivity index (χ0) is 13.3. The topological polar surface area (TPSA) is 59.1 Å². The molecule has 0 radical (unpaired) electrons. The highest BCUT2D eigenvalue weighted by Gasteiger charge is 2.43. The van der Waals surface area contributed by atoms with Crippen LogP contribution in [-0.4, -0.2) is 15.7 Å². The molecule has 3 rings (SSSR count). The van der Waals surface area contributed by atoms with Crippen LogP contribution in [0.4, 0.5) is 5.82 Å². The van der Waals surface area contributed by atoms with Gasteiger partial charge in [0.05, 0.1) is 5.60 Å². The van der Waals surface area contributed by atoms with Crippen LogP contribution in [0.5, 0.6) is 0 Å². The average molecular weight is 260 g/mol. The molecule has 2 aliphatic carbocycles. The van der Waals surface area contributed by atoms with Gasteiger partial charge in [0, 0.05) is 12.6 Å². The zero-order valence-corrected chi connectivity index (χ0v) is 11.6. The zero-order valence-electron chi connectivity index (χ0n) is 11.6. The maximum absolute atomic E-state index is 10.8. The molecule has 0 atom stereocenters. The van der Waals surface area contributed by atoms with Crippen molar-refractivity contribution in [1.29, 1.82) is 0 Å². The average Bonchev–Trinajstić information content (AvgIpc) is 2.86. The van der Waals surface area contributed by atoms with E-state index >= 15 is 0 Å². The molecule has 0 aromatic carbocycles. The molecule has 19 heavy (non-hydrogen) atoms. The fourth-order valence-electron chi connectivity index (χ4n) is 4.00. The van der Waals surface area contributed by atoms with Crippen molar-refractivity contribution >= 4 is 5.82 Å². The van der Waals surface area contributed by atoms with Crippen LogP contribution in [-0.2, 0) is 6.42 Å². The van der Waals surface area contributed by atoms with Gasteiger partial charge in [0.1, 0.15) is 5.82 Å². The first-order chi connectivity index (χ1) is 9.11. The van der Waals surface area contributed by atoms with E-state index in [9.17, 15) is 5.11 Å². The molecule has 0 unspecified atom stereocenters. The van der Waals surface area contributed by atoms with Crippen molar-refractivity contribution in [3.8, 4) is 0 Å². The maximum atomic E-state index is 10.8. The molecule has 0 amide bonds. The molecule has 2 fully saturated rings. The van der Waals surface area contributed by atoms with Gasteiger partial charge in [-0.1, -0.05) is 18.9 Å². The summed E-state index contributed by atoms with van der Waals surface area (Å²) >= 11 is 0. The van der Waals surface area contributed by atoms with Crippen LogP contribution < -0.4 is 5.73 Å². The number of nitrogens with two attached hydrogens (primary N) is 1. The van der Waals surface area contributed by atoms with Crippen LogP contribution in [0.15, 0.2) is 18.3 Å². The third kappa shape index (κ3) is 2.62. The number of nitrogens with zero attached hydrogens (tertiary/aromatic N) is 1.